The first-order chi connectivity index (χ1) is 12.7. The summed E-state index contributed by atoms with van der Waals surface area (Å²) in [7, 11) is 0. The predicted octanol–water partition coefficient (Wildman–Crippen LogP) is 2.14. The molecule has 0 aliphatic carbocycles. The van der Waals surface area contributed by atoms with Crippen molar-refractivity contribution in [3.05, 3.63) is 82.0 Å². The smallest absolute Gasteiger partial charge is 0.257 e. The van der Waals surface area contributed by atoms with Gasteiger partial charge in [-0.1, -0.05) is 18.2 Å². The largest absolute Gasteiger partial charge is 0.346 e. The van der Waals surface area contributed by atoms with Crippen molar-refractivity contribution < 1.29 is 4.79 Å². The van der Waals surface area contributed by atoms with Gasteiger partial charge in [0.05, 0.1) is 24.0 Å². The van der Waals surface area contributed by atoms with Crippen molar-refractivity contribution in [3.8, 4) is 0 Å². The zero-order valence-electron chi connectivity index (χ0n) is 14.0. The van der Waals surface area contributed by atoms with E-state index >= 15 is 0 Å². The molecule has 26 heavy (non-hydrogen) atoms. The van der Waals surface area contributed by atoms with Crippen LogP contribution in [-0.2, 0) is 19.5 Å². The van der Waals surface area contributed by atoms with Crippen LogP contribution in [0.1, 0.15) is 21.6 Å². The Morgan fingerprint density at radius 2 is 2.12 bits per heavy atom. The van der Waals surface area contributed by atoms with E-state index in [0.717, 1.165) is 35.4 Å². The number of imidazole rings is 1. The van der Waals surface area contributed by atoms with E-state index < -0.39 is 0 Å². The molecule has 4 aromatic rings. The van der Waals surface area contributed by atoms with Gasteiger partial charge in [-0.2, -0.15) is 0 Å². The molecule has 0 saturated carbocycles. The van der Waals surface area contributed by atoms with E-state index in [4.69, 9.17) is 0 Å². The van der Waals surface area contributed by atoms with E-state index in [1.165, 1.54) is 0 Å². The summed E-state index contributed by atoms with van der Waals surface area (Å²) in [6.45, 7) is 1.10. The molecule has 3 aromatic heterocycles. The zero-order valence-corrected chi connectivity index (χ0v) is 14.0. The Kier molecular flexibility index (Phi) is 3.18. The maximum atomic E-state index is 12.8. The van der Waals surface area contributed by atoms with Crippen molar-refractivity contribution >= 4 is 22.5 Å². The molecule has 128 valence electrons. The van der Waals surface area contributed by atoms with Gasteiger partial charge in [0.15, 0.2) is 0 Å². The van der Waals surface area contributed by atoms with Gasteiger partial charge in [0.2, 0.25) is 5.43 Å². The lowest BCUT2D eigenvalue weighted by molar-refractivity contribution is 0.0948. The molecule has 0 bridgehead atoms. The van der Waals surface area contributed by atoms with E-state index in [1.54, 1.807) is 18.5 Å². The van der Waals surface area contributed by atoms with Gasteiger partial charge in [-0.15, -0.1) is 0 Å². The number of benzene rings is 1. The van der Waals surface area contributed by atoms with Gasteiger partial charge < -0.3 is 14.3 Å². The fourth-order valence-electron chi connectivity index (χ4n) is 3.70. The van der Waals surface area contributed by atoms with E-state index in [0.29, 0.717) is 11.9 Å². The lowest BCUT2D eigenvalue weighted by Gasteiger charge is -2.09. The number of hydrogen-bond donors (Lipinski definition) is 1. The van der Waals surface area contributed by atoms with Gasteiger partial charge in [0.1, 0.15) is 11.2 Å². The third kappa shape index (κ3) is 2.15. The summed E-state index contributed by atoms with van der Waals surface area (Å²) in [4.78, 5) is 29.8. The highest BCUT2D eigenvalue weighted by Crippen LogP contribution is 2.23. The maximum absolute atomic E-state index is 12.8. The summed E-state index contributed by atoms with van der Waals surface area (Å²) in [6.07, 6.45) is 6.21. The predicted molar refractivity (Wildman–Crippen MR) is 98.3 cm³/mol. The number of nitrogens with one attached hydrogen (secondary N) is 1. The SMILES string of the molecule is O=C(NCc1cnc2ccccn12)c1cn2c3c(cccc3c1=O)CC2. The Hall–Kier alpha value is -3.41. The van der Waals surface area contributed by atoms with Gasteiger partial charge in [-0.05, 0) is 30.2 Å². The minimum Gasteiger partial charge on any atom is -0.346 e. The van der Waals surface area contributed by atoms with Crippen LogP contribution < -0.4 is 10.7 Å². The van der Waals surface area contributed by atoms with E-state index in [1.807, 2.05) is 45.5 Å². The number of nitrogens with zero attached hydrogens (tertiary/aromatic N) is 3. The lowest BCUT2D eigenvalue weighted by atomic mass is 10.1. The molecule has 0 atom stereocenters. The molecule has 0 spiro atoms. The number of carbonyl (C=O) groups excluding carboxylic acids is 1. The number of pyridine rings is 2. The Morgan fingerprint density at radius 3 is 3.04 bits per heavy atom. The number of fused-ring (bicyclic) bond motifs is 1. The summed E-state index contributed by atoms with van der Waals surface area (Å²) in [6, 6.07) is 11.4. The summed E-state index contributed by atoms with van der Waals surface area (Å²) < 4.78 is 3.93. The molecule has 1 aromatic carbocycles. The topological polar surface area (TPSA) is 68.4 Å². The monoisotopic (exact) mass is 344 g/mol. The van der Waals surface area contributed by atoms with E-state index in [2.05, 4.69) is 10.3 Å². The Morgan fingerprint density at radius 1 is 1.19 bits per heavy atom. The maximum Gasteiger partial charge on any atom is 0.257 e. The van der Waals surface area contributed by atoms with Crippen LogP contribution in [0.25, 0.3) is 16.6 Å². The van der Waals surface area contributed by atoms with Crippen LogP contribution in [0.5, 0.6) is 0 Å². The van der Waals surface area contributed by atoms with Gasteiger partial charge in [-0.3, -0.25) is 9.59 Å². The minimum absolute atomic E-state index is 0.186. The second kappa shape index (κ2) is 5.56. The van der Waals surface area contributed by atoms with Crippen LogP contribution in [0.4, 0.5) is 0 Å². The molecule has 5 rings (SSSR count). The number of para-hydroxylation sites is 1. The van der Waals surface area contributed by atoms with Gasteiger partial charge >= 0.3 is 0 Å². The summed E-state index contributed by atoms with van der Waals surface area (Å²) >= 11 is 0. The average Bonchev–Trinajstić information content (AvgIpc) is 3.27. The van der Waals surface area contributed by atoms with Crippen LogP contribution in [-0.4, -0.2) is 19.9 Å². The number of rotatable bonds is 3. The minimum atomic E-state index is -0.358. The molecule has 1 amide bonds. The highest BCUT2D eigenvalue weighted by Gasteiger charge is 2.20. The summed E-state index contributed by atoms with van der Waals surface area (Å²) in [5.74, 6) is -0.358. The molecular weight excluding hydrogens is 328 g/mol. The third-order valence-electron chi connectivity index (χ3n) is 4.97. The zero-order chi connectivity index (χ0) is 17.7. The first-order valence-corrected chi connectivity index (χ1v) is 8.56. The second-order valence-electron chi connectivity index (χ2n) is 6.49. The Labute approximate surface area is 148 Å². The van der Waals surface area contributed by atoms with Crippen molar-refractivity contribution in [2.24, 2.45) is 0 Å². The Balaban J connectivity index is 1.48. The highest BCUT2D eigenvalue weighted by molar-refractivity contribution is 5.98. The van der Waals surface area contributed by atoms with Gasteiger partial charge in [-0.25, -0.2) is 4.98 Å². The molecule has 1 aliphatic rings. The molecule has 0 radical (unpaired) electrons. The average molecular weight is 344 g/mol. The molecule has 0 unspecified atom stereocenters. The molecule has 0 fully saturated rings. The molecule has 1 N–H and O–H groups in total. The van der Waals surface area contributed by atoms with E-state index in [-0.39, 0.29) is 16.9 Å². The lowest BCUT2D eigenvalue weighted by Crippen LogP contribution is -2.29. The fraction of sp³-hybridized carbons (Fsp3) is 0.150. The number of carbonyl (C=O) groups is 1. The Bertz CT molecular complexity index is 1240. The quantitative estimate of drug-likeness (QED) is 0.619. The van der Waals surface area contributed by atoms with Crippen LogP contribution in [0.3, 0.4) is 0 Å². The van der Waals surface area contributed by atoms with Crippen LogP contribution in [0.2, 0.25) is 0 Å². The number of amides is 1. The molecule has 1 aliphatic heterocycles. The van der Waals surface area contributed by atoms with E-state index in [9.17, 15) is 9.59 Å². The molecule has 0 saturated heterocycles. The summed E-state index contributed by atoms with van der Waals surface area (Å²) in [5.41, 5.74) is 3.78. The van der Waals surface area contributed by atoms with Crippen molar-refractivity contribution in [3.63, 3.8) is 0 Å². The van der Waals surface area contributed by atoms with Crippen molar-refractivity contribution in [2.75, 3.05) is 0 Å². The molecule has 6 nitrogen and oxygen atoms in total. The van der Waals surface area contributed by atoms with Crippen LogP contribution >= 0.6 is 0 Å². The standard InChI is InChI=1S/C20H16N4O2/c25-19-15-5-3-4-13-7-9-23(18(13)15)12-16(19)20(26)22-11-14-10-21-17-6-1-2-8-24(14)17/h1-6,8,10,12H,7,9,11H2,(H,22,26). The van der Waals surface area contributed by atoms with Crippen molar-refractivity contribution in [2.45, 2.75) is 19.5 Å². The third-order valence-corrected chi connectivity index (χ3v) is 4.97. The summed E-state index contributed by atoms with van der Waals surface area (Å²) in [5, 5.41) is 3.47. The number of hydrogen-bond acceptors (Lipinski definition) is 3. The number of aromatic nitrogens is 3. The van der Waals surface area contributed by atoms with Crippen LogP contribution in [0, 0.1) is 0 Å². The molecular formula is C20H16N4O2. The van der Waals surface area contributed by atoms with Gasteiger partial charge in [0, 0.05) is 24.3 Å². The second-order valence-corrected chi connectivity index (χ2v) is 6.49. The number of aryl methyl sites for hydroxylation is 2. The van der Waals surface area contributed by atoms with Gasteiger partial charge in [0.25, 0.3) is 5.91 Å². The molecule has 4 heterocycles. The van der Waals surface area contributed by atoms with Crippen molar-refractivity contribution in [1.82, 2.24) is 19.3 Å². The fourth-order valence-corrected chi connectivity index (χ4v) is 3.70. The van der Waals surface area contributed by atoms with Crippen LogP contribution in [0.15, 0.2) is 59.8 Å². The normalized spacial score (nSPS) is 12.8. The van der Waals surface area contributed by atoms with Crippen molar-refractivity contribution in [1.29, 1.82) is 0 Å². The highest BCUT2D eigenvalue weighted by atomic mass is 16.2. The first-order valence-electron chi connectivity index (χ1n) is 8.56. The first kappa shape index (κ1) is 14.9. The molecule has 6 heteroatoms.